The summed E-state index contributed by atoms with van der Waals surface area (Å²) in [6, 6.07) is 5.72. The molecule has 1 aromatic carbocycles. The highest BCUT2D eigenvalue weighted by atomic mass is 35.5. The number of nitrogens with zero attached hydrogens (tertiary/aromatic N) is 4. The maximum atomic E-state index is 13.6. The van der Waals surface area contributed by atoms with E-state index in [1.54, 1.807) is 27.6 Å². The van der Waals surface area contributed by atoms with Crippen LogP contribution in [0.5, 0.6) is 0 Å². The number of carbonyl (C=O) groups excluding carboxylic acids is 2. The summed E-state index contributed by atoms with van der Waals surface area (Å²) in [4.78, 5) is 40.7. The molecule has 0 bridgehead atoms. The Bertz CT molecular complexity index is 1400. The summed E-state index contributed by atoms with van der Waals surface area (Å²) < 4.78 is 1.65. The number of halogens is 1. The Morgan fingerprint density at radius 2 is 1.88 bits per heavy atom. The molecule has 3 unspecified atom stereocenters. The van der Waals surface area contributed by atoms with Crippen molar-refractivity contribution < 1.29 is 24.6 Å². The zero-order valence-corrected chi connectivity index (χ0v) is 23.4. The fourth-order valence-electron chi connectivity index (χ4n) is 6.48. The summed E-state index contributed by atoms with van der Waals surface area (Å²) in [6.45, 7) is 1.12. The zero-order chi connectivity index (χ0) is 28.1. The number of aliphatic carboxylic acids is 1. The lowest BCUT2D eigenvalue weighted by molar-refractivity contribution is -0.146. The van der Waals surface area contributed by atoms with Crippen LogP contribution in [0.25, 0.3) is 5.57 Å². The molecule has 3 atom stereocenters. The molecule has 6 rings (SSSR count). The van der Waals surface area contributed by atoms with Crippen LogP contribution in [-0.4, -0.2) is 74.3 Å². The third-order valence-corrected chi connectivity index (χ3v) is 9.41. The van der Waals surface area contributed by atoms with Crippen LogP contribution in [0.15, 0.2) is 24.3 Å². The SMILES string of the molecule is CN1CCN(C(=O)C2CCc3c(C4=CCC(C(=O)O)CC4)nn(C(O)c4c(Cl)cccc4C4CC4)c3C2)CC1=O. The molecule has 10 heteroatoms. The van der Waals surface area contributed by atoms with Crippen molar-refractivity contribution in [2.24, 2.45) is 11.8 Å². The van der Waals surface area contributed by atoms with Crippen molar-refractivity contribution in [3.05, 3.63) is 57.4 Å². The third-order valence-electron chi connectivity index (χ3n) is 9.08. The van der Waals surface area contributed by atoms with Crippen molar-refractivity contribution in [3.63, 3.8) is 0 Å². The van der Waals surface area contributed by atoms with E-state index >= 15 is 0 Å². The molecule has 2 N–H and O–H groups in total. The summed E-state index contributed by atoms with van der Waals surface area (Å²) in [5.74, 6) is -1.22. The summed E-state index contributed by atoms with van der Waals surface area (Å²) in [5.41, 5.74) is 5.30. The first-order valence-corrected chi connectivity index (χ1v) is 14.6. The molecule has 1 aromatic heterocycles. The number of likely N-dealkylation sites (N-methyl/N-ethyl adjacent to an activating group) is 1. The number of rotatable bonds is 6. The molecule has 2 heterocycles. The molecule has 4 aliphatic rings. The summed E-state index contributed by atoms with van der Waals surface area (Å²) >= 11 is 6.67. The molecule has 40 heavy (non-hydrogen) atoms. The van der Waals surface area contributed by atoms with Crippen LogP contribution in [-0.2, 0) is 27.2 Å². The predicted octanol–water partition coefficient (Wildman–Crippen LogP) is 3.63. The summed E-state index contributed by atoms with van der Waals surface area (Å²) in [6.07, 6.45) is 6.22. The van der Waals surface area contributed by atoms with Gasteiger partial charge in [0.25, 0.3) is 0 Å². The van der Waals surface area contributed by atoms with Gasteiger partial charge in [-0.2, -0.15) is 5.10 Å². The third kappa shape index (κ3) is 4.94. The average Bonchev–Trinajstić information content (AvgIpc) is 3.73. The molecule has 1 aliphatic heterocycles. The van der Waals surface area contributed by atoms with Gasteiger partial charge in [0.15, 0.2) is 6.23 Å². The summed E-state index contributed by atoms with van der Waals surface area (Å²) in [7, 11) is 1.75. The van der Waals surface area contributed by atoms with Gasteiger partial charge in [-0.15, -0.1) is 0 Å². The lowest BCUT2D eigenvalue weighted by Crippen LogP contribution is -2.52. The van der Waals surface area contributed by atoms with Crippen molar-refractivity contribution in [2.75, 3.05) is 26.7 Å². The average molecular weight is 567 g/mol. The van der Waals surface area contributed by atoms with Crippen LogP contribution in [0, 0.1) is 11.8 Å². The molecule has 2 amide bonds. The second kappa shape index (κ2) is 10.7. The lowest BCUT2D eigenvalue weighted by atomic mass is 9.82. The van der Waals surface area contributed by atoms with Crippen molar-refractivity contribution >= 4 is 35.0 Å². The quantitative estimate of drug-likeness (QED) is 0.552. The van der Waals surface area contributed by atoms with E-state index in [2.05, 4.69) is 0 Å². The number of carboxylic acids is 1. The van der Waals surface area contributed by atoms with Crippen LogP contribution in [0.4, 0.5) is 0 Å². The van der Waals surface area contributed by atoms with E-state index < -0.39 is 18.1 Å². The Hall–Kier alpha value is -3.17. The van der Waals surface area contributed by atoms with E-state index in [1.165, 1.54) is 0 Å². The van der Waals surface area contributed by atoms with Crippen molar-refractivity contribution in [2.45, 2.75) is 63.5 Å². The Kier molecular flexibility index (Phi) is 7.21. The van der Waals surface area contributed by atoms with Gasteiger partial charge in [-0.05, 0) is 68.1 Å². The molecule has 2 fully saturated rings. The van der Waals surface area contributed by atoms with Crippen LogP contribution in [0.1, 0.15) is 78.7 Å². The van der Waals surface area contributed by atoms with E-state index in [-0.39, 0.29) is 24.3 Å². The second-order valence-electron chi connectivity index (χ2n) is 11.7. The Morgan fingerprint density at radius 3 is 2.55 bits per heavy atom. The molecule has 2 aromatic rings. The minimum atomic E-state index is -1.11. The van der Waals surface area contributed by atoms with Gasteiger partial charge in [-0.3, -0.25) is 14.4 Å². The normalized spacial score (nSPS) is 24.0. The molecule has 0 spiro atoms. The minimum Gasteiger partial charge on any atom is -0.481 e. The first-order chi connectivity index (χ1) is 19.2. The number of aliphatic hydroxyl groups excluding tert-OH is 1. The van der Waals surface area contributed by atoms with Gasteiger partial charge < -0.3 is 20.0 Å². The topological polar surface area (TPSA) is 116 Å². The zero-order valence-electron chi connectivity index (χ0n) is 22.7. The van der Waals surface area contributed by atoms with Gasteiger partial charge in [-0.1, -0.05) is 29.8 Å². The molecule has 1 saturated heterocycles. The highest BCUT2D eigenvalue weighted by Crippen LogP contribution is 2.46. The highest BCUT2D eigenvalue weighted by molar-refractivity contribution is 6.31. The van der Waals surface area contributed by atoms with Gasteiger partial charge in [0.2, 0.25) is 11.8 Å². The number of allylic oxidation sites excluding steroid dienone is 2. The van der Waals surface area contributed by atoms with Gasteiger partial charge in [-0.25, -0.2) is 4.68 Å². The molecular weight excluding hydrogens is 532 g/mol. The van der Waals surface area contributed by atoms with Crippen LogP contribution < -0.4 is 0 Å². The smallest absolute Gasteiger partial charge is 0.306 e. The molecule has 3 aliphatic carbocycles. The van der Waals surface area contributed by atoms with Gasteiger partial charge in [0.1, 0.15) is 0 Å². The van der Waals surface area contributed by atoms with Gasteiger partial charge in [0, 0.05) is 54.3 Å². The second-order valence-corrected chi connectivity index (χ2v) is 12.1. The lowest BCUT2D eigenvalue weighted by Gasteiger charge is -2.35. The van der Waals surface area contributed by atoms with E-state index in [9.17, 15) is 24.6 Å². The number of hydrogen-bond acceptors (Lipinski definition) is 5. The maximum absolute atomic E-state index is 13.6. The number of fused-ring (bicyclic) bond motifs is 1. The first kappa shape index (κ1) is 27.0. The van der Waals surface area contributed by atoms with E-state index in [0.717, 1.165) is 40.9 Å². The number of carbonyl (C=O) groups is 3. The highest BCUT2D eigenvalue weighted by Gasteiger charge is 2.38. The van der Waals surface area contributed by atoms with E-state index in [0.29, 0.717) is 68.1 Å². The first-order valence-electron chi connectivity index (χ1n) is 14.2. The standard InChI is InChI=1S/C30H35ClN4O5/c1-33-13-14-34(16-25(33)36)28(37)20-11-12-22-24(15-20)35(32-27(22)18-7-9-19(10-8-18)30(39)40)29(38)26-21(17-5-6-17)3-2-4-23(26)31/h2-4,7,17,19-20,29,38H,5-6,8-16H2,1H3,(H,39,40). The molecular formula is C30H35ClN4O5. The Morgan fingerprint density at radius 1 is 1.10 bits per heavy atom. The Labute approximate surface area is 238 Å². The minimum absolute atomic E-state index is 0.0338. The maximum Gasteiger partial charge on any atom is 0.306 e. The summed E-state index contributed by atoms with van der Waals surface area (Å²) in [5, 5.41) is 26.7. The largest absolute Gasteiger partial charge is 0.481 e. The molecule has 0 radical (unpaired) electrons. The van der Waals surface area contributed by atoms with E-state index in [4.69, 9.17) is 16.7 Å². The van der Waals surface area contributed by atoms with Crippen molar-refractivity contribution in [1.29, 1.82) is 0 Å². The number of aromatic nitrogens is 2. The monoisotopic (exact) mass is 566 g/mol. The van der Waals surface area contributed by atoms with Crippen molar-refractivity contribution in [3.8, 4) is 0 Å². The molecule has 9 nitrogen and oxygen atoms in total. The number of hydrogen-bond donors (Lipinski definition) is 2. The number of piperazine rings is 1. The predicted molar refractivity (Wildman–Crippen MR) is 149 cm³/mol. The number of carboxylic acid groups (broad SMARTS) is 1. The van der Waals surface area contributed by atoms with Crippen LogP contribution in [0.2, 0.25) is 5.02 Å². The Balaban J connectivity index is 1.36. The van der Waals surface area contributed by atoms with Gasteiger partial charge >= 0.3 is 5.97 Å². The molecule has 212 valence electrons. The van der Waals surface area contributed by atoms with Crippen LogP contribution in [0.3, 0.4) is 0 Å². The molecule has 1 saturated carbocycles. The fourth-order valence-corrected chi connectivity index (χ4v) is 6.76. The number of benzene rings is 1. The van der Waals surface area contributed by atoms with Crippen molar-refractivity contribution in [1.82, 2.24) is 19.6 Å². The van der Waals surface area contributed by atoms with Gasteiger partial charge in [0.05, 0.1) is 18.2 Å². The van der Waals surface area contributed by atoms with Crippen LogP contribution >= 0.6 is 11.6 Å². The number of aliphatic hydroxyl groups is 1. The van der Waals surface area contributed by atoms with E-state index in [1.807, 2.05) is 18.2 Å². The number of amides is 2. The fraction of sp³-hybridized carbons (Fsp3) is 0.533.